The van der Waals surface area contributed by atoms with Gasteiger partial charge in [0.05, 0.1) is 30.4 Å². The quantitative estimate of drug-likeness (QED) is 0.910. The third-order valence-electron chi connectivity index (χ3n) is 3.49. The molecule has 1 fully saturated rings. The summed E-state index contributed by atoms with van der Waals surface area (Å²) in [4.78, 5) is 14.2. The van der Waals surface area contributed by atoms with Crippen LogP contribution in [0.4, 0.5) is 10.5 Å². The Morgan fingerprint density at radius 2 is 2.00 bits per heavy atom. The van der Waals surface area contributed by atoms with Crippen molar-refractivity contribution in [3.63, 3.8) is 0 Å². The molecular weight excluding hydrogens is 308 g/mol. The molecule has 1 aliphatic heterocycles. The first-order chi connectivity index (χ1) is 11.0. The van der Waals surface area contributed by atoms with E-state index in [0.717, 1.165) is 25.2 Å². The van der Waals surface area contributed by atoms with Crippen molar-refractivity contribution in [1.82, 2.24) is 14.7 Å². The molecule has 0 aromatic carbocycles. The van der Waals surface area contributed by atoms with E-state index < -0.39 is 11.7 Å². The van der Waals surface area contributed by atoms with Crippen LogP contribution in [0.3, 0.4) is 0 Å². The van der Waals surface area contributed by atoms with Crippen LogP contribution in [-0.4, -0.2) is 57.8 Å². The van der Waals surface area contributed by atoms with Crippen molar-refractivity contribution in [2.75, 3.05) is 25.1 Å². The van der Waals surface area contributed by atoms with Crippen molar-refractivity contribution in [3.05, 3.63) is 12.4 Å². The molecule has 0 amide bonds. The van der Waals surface area contributed by atoms with E-state index in [-0.39, 0.29) is 5.60 Å². The molecule has 1 aliphatic rings. The Balaban J connectivity index is 1.82. The second-order valence-corrected chi connectivity index (χ2v) is 8.25. The molecule has 1 N–H and O–H groups in total. The molecule has 0 spiro atoms. The Kier molecular flexibility index (Phi) is 5.55. The van der Waals surface area contributed by atoms with Gasteiger partial charge in [0.15, 0.2) is 0 Å². The molecule has 7 nitrogen and oxygen atoms in total. The van der Waals surface area contributed by atoms with E-state index in [9.17, 15) is 4.79 Å². The molecule has 1 saturated heterocycles. The normalized spacial score (nSPS) is 19.5. The van der Waals surface area contributed by atoms with Crippen LogP contribution in [0.5, 0.6) is 0 Å². The Morgan fingerprint density at radius 3 is 2.62 bits per heavy atom. The Morgan fingerprint density at radius 1 is 1.29 bits per heavy atom. The summed E-state index contributed by atoms with van der Waals surface area (Å²) in [6.45, 7) is 14.2. The maximum Gasteiger partial charge on any atom is 0.435 e. The van der Waals surface area contributed by atoms with Crippen LogP contribution in [-0.2, 0) is 9.47 Å². The number of nitrogens with zero attached hydrogens (tertiary/aromatic N) is 3. The first-order valence-corrected chi connectivity index (χ1v) is 8.43. The van der Waals surface area contributed by atoms with Crippen LogP contribution in [0.2, 0.25) is 0 Å². The minimum atomic E-state index is -0.532. The Hall–Kier alpha value is -1.60. The van der Waals surface area contributed by atoms with Crippen LogP contribution in [0, 0.1) is 0 Å². The molecule has 136 valence electrons. The minimum absolute atomic E-state index is 0.125. The highest BCUT2D eigenvalue weighted by Gasteiger charge is 2.25. The summed E-state index contributed by atoms with van der Waals surface area (Å²) >= 11 is 0. The molecule has 2 rings (SSSR count). The maximum absolute atomic E-state index is 12.0. The van der Waals surface area contributed by atoms with Crippen molar-refractivity contribution in [3.8, 4) is 0 Å². The van der Waals surface area contributed by atoms with Gasteiger partial charge in [0, 0.05) is 19.1 Å². The summed E-state index contributed by atoms with van der Waals surface area (Å²) < 4.78 is 12.3. The monoisotopic (exact) mass is 338 g/mol. The van der Waals surface area contributed by atoms with Crippen molar-refractivity contribution < 1.29 is 14.3 Å². The SMILES string of the molecule is CC(C)(C)OCN1CCC(Nc2cnn(C(=O)OC(C)(C)C)c2)C1. The number of hydrogen-bond acceptors (Lipinski definition) is 6. The van der Waals surface area contributed by atoms with Crippen molar-refractivity contribution in [2.45, 2.75) is 65.2 Å². The molecule has 0 radical (unpaired) electrons. The topological polar surface area (TPSA) is 68.6 Å². The summed E-state index contributed by atoms with van der Waals surface area (Å²) in [6, 6.07) is 0.324. The molecule has 24 heavy (non-hydrogen) atoms. The molecule has 7 heteroatoms. The number of ether oxygens (including phenoxy) is 2. The zero-order valence-corrected chi connectivity index (χ0v) is 15.6. The van der Waals surface area contributed by atoms with E-state index in [1.165, 1.54) is 4.68 Å². The van der Waals surface area contributed by atoms with Crippen molar-refractivity contribution in [2.24, 2.45) is 0 Å². The van der Waals surface area contributed by atoms with Gasteiger partial charge >= 0.3 is 6.09 Å². The van der Waals surface area contributed by atoms with Crippen LogP contribution in [0.15, 0.2) is 12.4 Å². The zero-order chi connectivity index (χ0) is 18.0. The van der Waals surface area contributed by atoms with Gasteiger partial charge in [-0.15, -0.1) is 0 Å². The third kappa shape index (κ3) is 6.13. The van der Waals surface area contributed by atoms with Gasteiger partial charge in [-0.3, -0.25) is 4.90 Å². The average Bonchev–Trinajstić information content (AvgIpc) is 3.03. The molecule has 1 atom stereocenters. The second kappa shape index (κ2) is 7.11. The average molecular weight is 338 g/mol. The number of likely N-dealkylation sites (tertiary alicyclic amines) is 1. The molecule has 1 unspecified atom stereocenters. The molecule has 2 heterocycles. The van der Waals surface area contributed by atoms with E-state index in [2.05, 4.69) is 36.1 Å². The summed E-state index contributed by atoms with van der Waals surface area (Å²) in [6.07, 6.45) is 3.88. The maximum atomic E-state index is 12.0. The van der Waals surface area contributed by atoms with Gasteiger partial charge in [0.2, 0.25) is 0 Å². The number of aromatic nitrogens is 2. The number of hydrogen-bond donors (Lipinski definition) is 1. The highest BCUT2D eigenvalue weighted by Crippen LogP contribution is 2.17. The lowest BCUT2D eigenvalue weighted by Crippen LogP contribution is -2.32. The standard InChI is InChI=1S/C17H30N4O3/c1-16(2,3)23-12-20-8-7-13(10-20)19-14-9-18-21(11-14)15(22)24-17(4,5)6/h9,11,13,19H,7-8,10,12H2,1-6H3. The lowest BCUT2D eigenvalue weighted by molar-refractivity contribution is -0.0568. The van der Waals surface area contributed by atoms with Crippen molar-refractivity contribution in [1.29, 1.82) is 0 Å². The van der Waals surface area contributed by atoms with Gasteiger partial charge in [-0.05, 0) is 48.0 Å². The lowest BCUT2D eigenvalue weighted by atomic mass is 10.2. The lowest BCUT2D eigenvalue weighted by Gasteiger charge is -2.24. The first kappa shape index (κ1) is 18.7. The van der Waals surface area contributed by atoms with Gasteiger partial charge in [0.1, 0.15) is 5.60 Å². The molecule has 0 saturated carbocycles. The van der Waals surface area contributed by atoms with Gasteiger partial charge < -0.3 is 14.8 Å². The minimum Gasteiger partial charge on any atom is -0.442 e. The number of carbonyl (C=O) groups is 1. The highest BCUT2D eigenvalue weighted by atomic mass is 16.6. The number of anilines is 1. The highest BCUT2D eigenvalue weighted by molar-refractivity contribution is 5.70. The van der Waals surface area contributed by atoms with E-state index in [1.54, 1.807) is 12.4 Å². The fourth-order valence-corrected chi connectivity index (χ4v) is 2.39. The van der Waals surface area contributed by atoms with Crippen LogP contribution >= 0.6 is 0 Å². The predicted octanol–water partition coefficient (Wildman–Crippen LogP) is 2.93. The molecular formula is C17H30N4O3. The summed E-state index contributed by atoms with van der Waals surface area (Å²) in [5.74, 6) is 0. The fourth-order valence-electron chi connectivity index (χ4n) is 2.39. The molecule has 0 bridgehead atoms. The number of rotatable bonds is 4. The number of carbonyl (C=O) groups excluding carboxylic acids is 1. The number of nitrogens with one attached hydrogen (secondary N) is 1. The van der Waals surface area contributed by atoms with E-state index in [1.807, 2.05) is 20.8 Å². The van der Waals surface area contributed by atoms with E-state index >= 15 is 0 Å². The first-order valence-electron chi connectivity index (χ1n) is 8.43. The summed E-state index contributed by atoms with van der Waals surface area (Å²) in [5, 5.41) is 7.49. The van der Waals surface area contributed by atoms with E-state index in [0.29, 0.717) is 12.8 Å². The Labute approximate surface area is 144 Å². The smallest absolute Gasteiger partial charge is 0.435 e. The summed E-state index contributed by atoms with van der Waals surface area (Å²) in [5.41, 5.74) is 0.167. The third-order valence-corrected chi connectivity index (χ3v) is 3.49. The van der Waals surface area contributed by atoms with Gasteiger partial charge in [0.25, 0.3) is 0 Å². The largest absolute Gasteiger partial charge is 0.442 e. The van der Waals surface area contributed by atoms with Crippen LogP contribution in [0.25, 0.3) is 0 Å². The molecule has 1 aromatic heterocycles. The van der Waals surface area contributed by atoms with Gasteiger partial charge in [-0.2, -0.15) is 9.78 Å². The fraction of sp³-hybridized carbons (Fsp3) is 0.765. The van der Waals surface area contributed by atoms with Crippen LogP contribution in [0.1, 0.15) is 48.0 Å². The van der Waals surface area contributed by atoms with Crippen LogP contribution < -0.4 is 5.32 Å². The van der Waals surface area contributed by atoms with Gasteiger partial charge in [-0.25, -0.2) is 4.79 Å². The van der Waals surface area contributed by atoms with Gasteiger partial charge in [-0.1, -0.05) is 0 Å². The van der Waals surface area contributed by atoms with E-state index in [4.69, 9.17) is 9.47 Å². The van der Waals surface area contributed by atoms with Crippen molar-refractivity contribution >= 4 is 11.8 Å². The molecule has 0 aliphatic carbocycles. The Bertz CT molecular complexity index is 557. The predicted molar refractivity (Wildman–Crippen MR) is 93.2 cm³/mol. The second-order valence-electron chi connectivity index (χ2n) is 8.25. The zero-order valence-electron chi connectivity index (χ0n) is 15.6. The molecule has 1 aromatic rings. The summed E-state index contributed by atoms with van der Waals surface area (Å²) in [7, 11) is 0.